The molecule has 1 aliphatic heterocycles. The van der Waals surface area contributed by atoms with E-state index >= 15 is 0 Å². The third-order valence-electron chi connectivity index (χ3n) is 6.74. The lowest BCUT2D eigenvalue weighted by Crippen LogP contribution is -2.42. The van der Waals surface area contributed by atoms with Crippen LogP contribution in [0.25, 0.3) is 11.3 Å². The quantitative estimate of drug-likeness (QED) is 0.439. The van der Waals surface area contributed by atoms with E-state index in [1.165, 1.54) is 5.56 Å². The van der Waals surface area contributed by atoms with Crippen molar-refractivity contribution in [1.82, 2.24) is 25.1 Å². The maximum atomic E-state index is 13.8. The van der Waals surface area contributed by atoms with Gasteiger partial charge in [0.25, 0.3) is 5.91 Å². The van der Waals surface area contributed by atoms with Crippen molar-refractivity contribution in [2.24, 2.45) is 0 Å². The normalized spacial score (nSPS) is 12.6. The molecule has 190 valence electrons. The molecule has 1 aromatic carbocycles. The van der Waals surface area contributed by atoms with Gasteiger partial charge in [-0.05, 0) is 64.2 Å². The van der Waals surface area contributed by atoms with Crippen LogP contribution in [0, 0.1) is 0 Å². The van der Waals surface area contributed by atoms with Crippen molar-refractivity contribution in [3.63, 3.8) is 0 Å². The minimum Gasteiger partial charge on any atom is -0.349 e. The summed E-state index contributed by atoms with van der Waals surface area (Å²) in [7, 11) is 4.10. The number of amides is 1. The summed E-state index contributed by atoms with van der Waals surface area (Å²) in [6, 6.07) is 14.8. The number of aromatic nitrogens is 2. The van der Waals surface area contributed by atoms with Crippen LogP contribution in [-0.4, -0.2) is 65.4 Å². The fourth-order valence-electron chi connectivity index (χ4n) is 4.60. The maximum absolute atomic E-state index is 13.8. The van der Waals surface area contributed by atoms with E-state index in [4.69, 9.17) is 4.98 Å². The van der Waals surface area contributed by atoms with Crippen LogP contribution in [0.5, 0.6) is 0 Å². The first-order valence-electron chi connectivity index (χ1n) is 12.8. The van der Waals surface area contributed by atoms with Crippen molar-refractivity contribution in [3.05, 3.63) is 77.1 Å². The summed E-state index contributed by atoms with van der Waals surface area (Å²) in [5, 5.41) is 3.20. The van der Waals surface area contributed by atoms with E-state index in [2.05, 4.69) is 65.3 Å². The number of hydrogen-bond acceptors (Lipinski definition) is 6. The van der Waals surface area contributed by atoms with Crippen LogP contribution in [0.1, 0.15) is 47.8 Å². The standard InChI is InChI=1S/C29H38N6O/c1-6-34(19-23-10-8-12-31-17-23)29(36)25-16-27(32-28-26(25)20-35(28)21(2)3)24-11-7-9-22(15-24)18-33(5)14-13-30-4/h7-12,15-17,21,30H,6,13-14,18-20H2,1-5H3. The van der Waals surface area contributed by atoms with Gasteiger partial charge in [0, 0.05) is 68.8 Å². The molecule has 2 aromatic heterocycles. The van der Waals surface area contributed by atoms with Crippen molar-refractivity contribution >= 4 is 11.7 Å². The van der Waals surface area contributed by atoms with Gasteiger partial charge < -0.3 is 20.0 Å². The smallest absolute Gasteiger partial charge is 0.254 e. The number of nitrogens with zero attached hydrogens (tertiary/aromatic N) is 5. The number of hydrogen-bond donors (Lipinski definition) is 1. The zero-order valence-corrected chi connectivity index (χ0v) is 22.2. The van der Waals surface area contributed by atoms with Gasteiger partial charge in [0.05, 0.1) is 11.3 Å². The number of rotatable bonds is 11. The maximum Gasteiger partial charge on any atom is 0.254 e. The highest BCUT2D eigenvalue weighted by Gasteiger charge is 2.33. The second kappa shape index (κ2) is 11.6. The molecule has 0 aliphatic carbocycles. The summed E-state index contributed by atoms with van der Waals surface area (Å²) in [4.78, 5) is 29.5. The van der Waals surface area contributed by atoms with E-state index in [-0.39, 0.29) is 5.91 Å². The Labute approximate surface area is 215 Å². The molecule has 4 rings (SSSR count). The van der Waals surface area contributed by atoms with Gasteiger partial charge in [0.1, 0.15) is 5.82 Å². The molecule has 0 radical (unpaired) electrons. The van der Waals surface area contributed by atoms with E-state index in [1.807, 2.05) is 43.3 Å². The molecule has 1 N–H and O–H groups in total. The molecule has 3 heterocycles. The number of likely N-dealkylation sites (N-methyl/N-ethyl adjacent to an activating group) is 2. The number of anilines is 1. The lowest BCUT2D eigenvalue weighted by molar-refractivity contribution is 0.0750. The fraction of sp³-hybridized carbons (Fsp3) is 0.414. The highest BCUT2D eigenvalue weighted by atomic mass is 16.2. The first kappa shape index (κ1) is 25.8. The summed E-state index contributed by atoms with van der Waals surface area (Å²) in [6.07, 6.45) is 3.58. The Balaban J connectivity index is 1.67. The average Bonchev–Trinajstić information content (AvgIpc) is 2.86. The van der Waals surface area contributed by atoms with Gasteiger partial charge in [-0.15, -0.1) is 0 Å². The number of carbonyl (C=O) groups is 1. The highest BCUT2D eigenvalue weighted by molar-refractivity contribution is 5.99. The fourth-order valence-corrected chi connectivity index (χ4v) is 4.60. The van der Waals surface area contributed by atoms with Gasteiger partial charge in [-0.2, -0.15) is 0 Å². The Bertz CT molecular complexity index is 1180. The molecule has 36 heavy (non-hydrogen) atoms. The number of carbonyl (C=O) groups excluding carboxylic acids is 1. The zero-order valence-electron chi connectivity index (χ0n) is 22.2. The van der Waals surface area contributed by atoms with Crippen LogP contribution < -0.4 is 10.2 Å². The summed E-state index contributed by atoms with van der Waals surface area (Å²) < 4.78 is 0. The van der Waals surface area contributed by atoms with Gasteiger partial charge in [-0.3, -0.25) is 9.78 Å². The van der Waals surface area contributed by atoms with Crippen molar-refractivity contribution in [1.29, 1.82) is 0 Å². The molecule has 7 heteroatoms. The minimum absolute atomic E-state index is 0.0487. The van der Waals surface area contributed by atoms with Crippen LogP contribution in [-0.2, 0) is 19.6 Å². The molecule has 0 unspecified atom stereocenters. The first-order chi connectivity index (χ1) is 17.4. The van der Waals surface area contributed by atoms with Crippen LogP contribution in [0.4, 0.5) is 5.82 Å². The van der Waals surface area contributed by atoms with Gasteiger partial charge in [-0.25, -0.2) is 4.98 Å². The number of pyridine rings is 2. The SMILES string of the molecule is CCN(Cc1cccnc1)C(=O)c1cc(-c2cccc(CN(C)CCNC)c2)nc2c1CN2C(C)C. The van der Waals surface area contributed by atoms with E-state index in [0.29, 0.717) is 19.1 Å². The molecule has 7 nitrogen and oxygen atoms in total. The minimum atomic E-state index is 0.0487. The summed E-state index contributed by atoms with van der Waals surface area (Å²) in [6.45, 7) is 11.1. The van der Waals surface area contributed by atoms with Gasteiger partial charge in [0.2, 0.25) is 0 Å². The first-order valence-corrected chi connectivity index (χ1v) is 12.8. The van der Waals surface area contributed by atoms with Crippen molar-refractivity contribution in [2.75, 3.05) is 38.6 Å². The Morgan fingerprint density at radius 1 is 1.14 bits per heavy atom. The predicted octanol–water partition coefficient (Wildman–Crippen LogP) is 4.19. The van der Waals surface area contributed by atoms with E-state index in [0.717, 1.165) is 59.9 Å². The predicted molar refractivity (Wildman–Crippen MR) is 146 cm³/mol. The lowest BCUT2D eigenvalue weighted by atomic mass is 9.96. The highest BCUT2D eigenvalue weighted by Crippen LogP contribution is 2.38. The van der Waals surface area contributed by atoms with Crippen LogP contribution in [0.15, 0.2) is 54.9 Å². The van der Waals surface area contributed by atoms with E-state index in [9.17, 15) is 4.79 Å². The number of nitrogens with one attached hydrogen (secondary N) is 1. The second-order valence-electron chi connectivity index (χ2n) is 9.80. The van der Waals surface area contributed by atoms with Gasteiger partial charge in [0.15, 0.2) is 0 Å². The largest absolute Gasteiger partial charge is 0.349 e. The molecule has 1 aliphatic rings. The Morgan fingerprint density at radius 2 is 1.94 bits per heavy atom. The van der Waals surface area contributed by atoms with E-state index < -0.39 is 0 Å². The molecule has 3 aromatic rings. The molecule has 0 bridgehead atoms. The van der Waals surface area contributed by atoms with Crippen molar-refractivity contribution in [2.45, 2.75) is 46.4 Å². The topological polar surface area (TPSA) is 64.6 Å². The van der Waals surface area contributed by atoms with Gasteiger partial charge in [-0.1, -0.05) is 24.3 Å². The average molecular weight is 487 g/mol. The molecular formula is C29H38N6O. The Hall–Kier alpha value is -3.29. The van der Waals surface area contributed by atoms with Gasteiger partial charge >= 0.3 is 0 Å². The molecule has 0 saturated carbocycles. The van der Waals surface area contributed by atoms with Crippen LogP contribution in [0.2, 0.25) is 0 Å². The Morgan fingerprint density at radius 3 is 2.64 bits per heavy atom. The number of fused-ring (bicyclic) bond motifs is 1. The van der Waals surface area contributed by atoms with E-state index in [1.54, 1.807) is 6.20 Å². The molecule has 0 saturated heterocycles. The third kappa shape index (κ3) is 5.74. The second-order valence-corrected chi connectivity index (χ2v) is 9.80. The molecular weight excluding hydrogens is 448 g/mol. The van der Waals surface area contributed by atoms with Crippen LogP contribution >= 0.6 is 0 Å². The van der Waals surface area contributed by atoms with Crippen molar-refractivity contribution < 1.29 is 4.79 Å². The third-order valence-corrected chi connectivity index (χ3v) is 6.74. The van der Waals surface area contributed by atoms with Crippen LogP contribution in [0.3, 0.4) is 0 Å². The molecule has 1 amide bonds. The Kier molecular flexibility index (Phi) is 8.33. The summed E-state index contributed by atoms with van der Waals surface area (Å²) in [5.74, 6) is 0.979. The monoisotopic (exact) mass is 486 g/mol. The molecule has 0 spiro atoms. The number of benzene rings is 1. The lowest BCUT2D eigenvalue weighted by Gasteiger charge is -2.40. The zero-order chi connectivity index (χ0) is 25.7. The summed E-state index contributed by atoms with van der Waals surface area (Å²) >= 11 is 0. The summed E-state index contributed by atoms with van der Waals surface area (Å²) in [5.41, 5.74) is 5.95. The molecule has 0 fully saturated rings. The van der Waals surface area contributed by atoms with Crippen molar-refractivity contribution in [3.8, 4) is 11.3 Å². The molecule has 0 atom stereocenters.